The second-order valence-electron chi connectivity index (χ2n) is 14.0. The lowest BCUT2D eigenvalue weighted by molar-refractivity contribution is 0.0974. The van der Waals surface area contributed by atoms with E-state index in [0.717, 1.165) is 5.69 Å². The molecular formula is C35H39NS. The zero-order valence-corrected chi connectivity index (χ0v) is 24.2. The van der Waals surface area contributed by atoms with E-state index < -0.39 is 0 Å². The molecule has 0 amide bonds. The van der Waals surface area contributed by atoms with Gasteiger partial charge in [-0.2, -0.15) is 0 Å². The molecule has 1 fully saturated rings. The number of hydrogen-bond donors (Lipinski definition) is 0. The summed E-state index contributed by atoms with van der Waals surface area (Å²) < 4.78 is 2.77. The molecule has 2 aromatic heterocycles. The van der Waals surface area contributed by atoms with Crippen molar-refractivity contribution in [2.24, 2.45) is 10.8 Å². The van der Waals surface area contributed by atoms with Crippen LogP contribution in [0.15, 0.2) is 66.9 Å². The summed E-state index contributed by atoms with van der Waals surface area (Å²) in [5.74, 6) is 0.597. The van der Waals surface area contributed by atoms with Crippen LogP contribution in [0.1, 0.15) is 84.8 Å². The first-order chi connectivity index (χ1) is 17.4. The molecule has 1 saturated carbocycles. The highest BCUT2D eigenvalue weighted by Crippen LogP contribution is 2.54. The largest absolute Gasteiger partial charge is 0.255 e. The maximum absolute atomic E-state index is 5.00. The predicted molar refractivity (Wildman–Crippen MR) is 163 cm³/mol. The molecule has 2 heteroatoms. The van der Waals surface area contributed by atoms with Gasteiger partial charge in [-0.15, -0.1) is 11.3 Å². The molecule has 0 atom stereocenters. The summed E-state index contributed by atoms with van der Waals surface area (Å²) in [4.78, 5) is 5.00. The monoisotopic (exact) mass is 505 g/mol. The van der Waals surface area contributed by atoms with Gasteiger partial charge in [-0.3, -0.25) is 4.98 Å². The quantitative estimate of drug-likeness (QED) is 0.232. The first kappa shape index (κ1) is 24.6. The fraction of sp³-hybridized carbons (Fsp3) is 0.400. The molecule has 0 saturated heterocycles. The van der Waals surface area contributed by atoms with E-state index in [9.17, 15) is 0 Å². The number of thiophene rings is 1. The van der Waals surface area contributed by atoms with Gasteiger partial charge in [-0.1, -0.05) is 90.9 Å². The molecular weight excluding hydrogens is 466 g/mol. The van der Waals surface area contributed by atoms with Crippen molar-refractivity contribution in [2.75, 3.05) is 0 Å². The standard InChI is InChI=1S/C35H39NS/c1-33(2,3)29-18-23(17-22-11-8-9-12-25(22)29)30-32-28(15-16-36-30)27-14-10-13-26(31(27)37-32)24-19-34(4,5)21-35(6,7)20-24/h8-18,24H,19-21H2,1-7H3. The highest BCUT2D eigenvalue weighted by atomic mass is 32.1. The van der Waals surface area contributed by atoms with E-state index in [0.29, 0.717) is 16.7 Å². The number of fused-ring (bicyclic) bond motifs is 4. The summed E-state index contributed by atoms with van der Waals surface area (Å²) in [5.41, 5.74) is 6.05. The molecule has 1 aliphatic carbocycles. The van der Waals surface area contributed by atoms with E-state index in [1.54, 1.807) is 5.56 Å². The summed E-state index contributed by atoms with van der Waals surface area (Å²) >= 11 is 1.96. The molecule has 1 nitrogen and oxygen atoms in total. The van der Waals surface area contributed by atoms with Gasteiger partial charge in [-0.25, -0.2) is 0 Å². The third-order valence-corrected chi connectivity index (χ3v) is 9.66. The van der Waals surface area contributed by atoms with Crippen molar-refractivity contribution in [2.45, 2.75) is 79.1 Å². The summed E-state index contributed by atoms with van der Waals surface area (Å²) in [6.45, 7) is 16.8. The molecule has 37 heavy (non-hydrogen) atoms. The first-order valence-electron chi connectivity index (χ1n) is 13.8. The van der Waals surface area contributed by atoms with Crippen molar-refractivity contribution in [1.82, 2.24) is 4.98 Å². The first-order valence-corrected chi connectivity index (χ1v) is 14.6. The van der Waals surface area contributed by atoms with Gasteiger partial charge in [0.25, 0.3) is 0 Å². The average Bonchev–Trinajstić information content (AvgIpc) is 3.20. The predicted octanol–water partition coefficient (Wildman–Crippen LogP) is 10.9. The lowest BCUT2D eigenvalue weighted by Gasteiger charge is -2.45. The van der Waals surface area contributed by atoms with E-state index >= 15 is 0 Å². The average molecular weight is 506 g/mol. The van der Waals surface area contributed by atoms with Gasteiger partial charge in [0.2, 0.25) is 0 Å². The minimum Gasteiger partial charge on any atom is -0.255 e. The van der Waals surface area contributed by atoms with Gasteiger partial charge in [0, 0.05) is 27.2 Å². The van der Waals surface area contributed by atoms with Crippen LogP contribution in [0.4, 0.5) is 0 Å². The number of benzene rings is 3. The van der Waals surface area contributed by atoms with Gasteiger partial charge in [-0.05, 0) is 81.5 Å². The van der Waals surface area contributed by atoms with Crippen molar-refractivity contribution in [3.05, 3.63) is 78.0 Å². The van der Waals surface area contributed by atoms with Gasteiger partial charge in [0.15, 0.2) is 0 Å². The topological polar surface area (TPSA) is 12.9 Å². The molecule has 6 rings (SSSR count). The smallest absolute Gasteiger partial charge is 0.0880 e. The minimum absolute atomic E-state index is 0.0530. The Labute approximate surface area is 225 Å². The molecule has 1 aliphatic rings. The highest BCUT2D eigenvalue weighted by Gasteiger charge is 2.39. The molecule has 0 radical (unpaired) electrons. The van der Waals surface area contributed by atoms with Crippen LogP contribution in [0.3, 0.4) is 0 Å². The summed E-state index contributed by atoms with van der Waals surface area (Å²) in [5, 5.41) is 5.36. The number of aromatic nitrogens is 1. The van der Waals surface area contributed by atoms with Crippen molar-refractivity contribution >= 4 is 42.3 Å². The Morgan fingerprint density at radius 3 is 2.19 bits per heavy atom. The van der Waals surface area contributed by atoms with Crippen molar-refractivity contribution in [3.63, 3.8) is 0 Å². The maximum Gasteiger partial charge on any atom is 0.0880 e. The number of nitrogens with zero attached hydrogens (tertiary/aromatic N) is 1. The Morgan fingerprint density at radius 1 is 0.784 bits per heavy atom. The van der Waals surface area contributed by atoms with Crippen molar-refractivity contribution < 1.29 is 0 Å². The summed E-state index contributed by atoms with van der Waals surface area (Å²) in [6, 6.07) is 22.8. The van der Waals surface area contributed by atoms with Crippen LogP contribution >= 0.6 is 11.3 Å². The van der Waals surface area contributed by atoms with E-state index in [-0.39, 0.29) is 5.41 Å². The molecule has 5 aromatic rings. The van der Waals surface area contributed by atoms with Gasteiger partial charge >= 0.3 is 0 Å². The van der Waals surface area contributed by atoms with E-state index in [2.05, 4.69) is 109 Å². The summed E-state index contributed by atoms with van der Waals surface area (Å²) in [6.07, 6.45) is 5.82. The van der Waals surface area contributed by atoms with Crippen LogP contribution in [0, 0.1) is 10.8 Å². The molecule has 0 spiro atoms. The molecule has 2 heterocycles. The molecule has 0 unspecified atom stereocenters. The van der Waals surface area contributed by atoms with E-state index in [1.807, 2.05) is 17.5 Å². The molecule has 0 bridgehead atoms. The van der Waals surface area contributed by atoms with Crippen LogP contribution in [-0.2, 0) is 5.41 Å². The van der Waals surface area contributed by atoms with Gasteiger partial charge in [0.05, 0.1) is 10.4 Å². The fourth-order valence-corrected chi connectivity index (χ4v) is 8.81. The number of rotatable bonds is 2. The van der Waals surface area contributed by atoms with Gasteiger partial charge in [0.1, 0.15) is 0 Å². The number of pyridine rings is 1. The number of hydrogen-bond acceptors (Lipinski definition) is 2. The van der Waals surface area contributed by atoms with Crippen LogP contribution in [0.2, 0.25) is 0 Å². The third-order valence-electron chi connectivity index (χ3n) is 8.38. The normalized spacial score (nSPS) is 18.1. The highest BCUT2D eigenvalue weighted by molar-refractivity contribution is 7.26. The SMILES string of the molecule is CC1(C)CC(c2cccc3c2sc2c(-c4cc(C(C)(C)C)c5ccccc5c4)nccc23)CC(C)(C)C1. The lowest BCUT2D eigenvalue weighted by atomic mass is 9.60. The summed E-state index contributed by atoms with van der Waals surface area (Å²) in [7, 11) is 0. The van der Waals surface area contributed by atoms with Crippen LogP contribution < -0.4 is 0 Å². The Kier molecular flexibility index (Phi) is 5.59. The van der Waals surface area contributed by atoms with E-state index in [1.165, 1.54) is 61.3 Å². The molecule has 190 valence electrons. The second-order valence-corrected chi connectivity index (χ2v) is 15.0. The van der Waals surface area contributed by atoms with Crippen LogP contribution in [0.25, 0.3) is 42.2 Å². The Hall–Kier alpha value is -2.71. The lowest BCUT2D eigenvalue weighted by Crippen LogP contribution is -2.32. The second kappa shape index (κ2) is 8.40. The zero-order valence-electron chi connectivity index (χ0n) is 23.4. The van der Waals surface area contributed by atoms with Crippen LogP contribution in [-0.4, -0.2) is 4.98 Å². The fourth-order valence-electron chi connectivity index (χ4n) is 7.41. The Bertz CT molecular complexity index is 1630. The maximum atomic E-state index is 5.00. The Balaban J connectivity index is 1.57. The zero-order chi connectivity index (χ0) is 26.2. The molecule has 3 aromatic carbocycles. The minimum atomic E-state index is 0.0530. The Morgan fingerprint density at radius 2 is 1.46 bits per heavy atom. The molecule has 0 N–H and O–H groups in total. The van der Waals surface area contributed by atoms with Crippen molar-refractivity contribution in [3.8, 4) is 11.3 Å². The molecule has 0 aliphatic heterocycles. The van der Waals surface area contributed by atoms with Crippen LogP contribution in [0.5, 0.6) is 0 Å². The third kappa shape index (κ3) is 4.38. The van der Waals surface area contributed by atoms with Gasteiger partial charge < -0.3 is 0 Å². The van der Waals surface area contributed by atoms with E-state index in [4.69, 9.17) is 4.98 Å². The van der Waals surface area contributed by atoms with Crippen molar-refractivity contribution in [1.29, 1.82) is 0 Å².